The van der Waals surface area contributed by atoms with Gasteiger partial charge in [-0.25, -0.2) is 9.67 Å². The fraction of sp³-hybridized carbons (Fsp3) is 0.217. The quantitative estimate of drug-likeness (QED) is 0.366. The number of anilines is 3. The SMILES string of the molecule is C[C@@H]1CN(c2ccn(-c3ccnc(C#N)c3)n2)C(=O)[C@@H](C(O)C(=O)Nc2ccc3c(N)noc3c2)O1. The van der Waals surface area contributed by atoms with Gasteiger partial charge in [0.1, 0.15) is 11.8 Å². The Bertz CT molecular complexity index is 1510. The average molecular weight is 488 g/mol. The highest BCUT2D eigenvalue weighted by atomic mass is 16.5. The summed E-state index contributed by atoms with van der Waals surface area (Å²) in [5, 5.41) is 31.0. The van der Waals surface area contributed by atoms with Crippen molar-refractivity contribution in [1.29, 1.82) is 5.26 Å². The lowest BCUT2D eigenvalue weighted by atomic mass is 10.1. The van der Waals surface area contributed by atoms with Crippen LogP contribution in [0.2, 0.25) is 0 Å². The number of ether oxygens (including phenoxy) is 1. The van der Waals surface area contributed by atoms with Gasteiger partial charge in [-0.15, -0.1) is 5.10 Å². The lowest BCUT2D eigenvalue weighted by molar-refractivity contribution is -0.156. The van der Waals surface area contributed by atoms with E-state index in [-0.39, 0.29) is 18.1 Å². The number of amides is 2. The molecule has 3 aromatic heterocycles. The summed E-state index contributed by atoms with van der Waals surface area (Å²) in [5.41, 5.74) is 7.19. The second kappa shape index (κ2) is 9.10. The summed E-state index contributed by atoms with van der Waals surface area (Å²) < 4.78 is 12.2. The lowest BCUT2D eigenvalue weighted by Gasteiger charge is -2.36. The maximum Gasteiger partial charge on any atom is 0.260 e. The zero-order valence-electron chi connectivity index (χ0n) is 18.9. The molecule has 2 amide bonds. The first kappa shape index (κ1) is 23.0. The van der Waals surface area contributed by atoms with Crippen LogP contribution in [0.4, 0.5) is 17.3 Å². The third kappa shape index (κ3) is 4.22. The fourth-order valence-electron chi connectivity index (χ4n) is 3.88. The number of rotatable bonds is 5. The van der Waals surface area contributed by atoms with Gasteiger partial charge in [0, 0.05) is 36.3 Å². The number of fused-ring (bicyclic) bond motifs is 1. The first-order chi connectivity index (χ1) is 17.3. The molecule has 0 radical (unpaired) electrons. The Labute approximate surface area is 203 Å². The molecule has 4 heterocycles. The molecule has 13 nitrogen and oxygen atoms in total. The molecular formula is C23H20N8O5. The summed E-state index contributed by atoms with van der Waals surface area (Å²) in [6, 6.07) is 11.5. The van der Waals surface area contributed by atoms with Crippen molar-refractivity contribution in [3.05, 3.63) is 54.5 Å². The Kier molecular flexibility index (Phi) is 5.80. The van der Waals surface area contributed by atoms with E-state index in [1.807, 2.05) is 6.07 Å². The summed E-state index contributed by atoms with van der Waals surface area (Å²) in [7, 11) is 0. The van der Waals surface area contributed by atoms with Gasteiger partial charge < -0.3 is 25.4 Å². The third-order valence-electron chi connectivity index (χ3n) is 5.63. The number of hydrogen-bond donors (Lipinski definition) is 3. The summed E-state index contributed by atoms with van der Waals surface area (Å²) in [6.07, 6.45) is -0.616. The van der Waals surface area contributed by atoms with Crippen LogP contribution >= 0.6 is 0 Å². The number of morpholine rings is 1. The van der Waals surface area contributed by atoms with Gasteiger partial charge in [-0.1, -0.05) is 5.16 Å². The first-order valence-corrected chi connectivity index (χ1v) is 10.9. The van der Waals surface area contributed by atoms with Crippen LogP contribution in [-0.2, 0) is 14.3 Å². The van der Waals surface area contributed by atoms with Gasteiger partial charge in [0.25, 0.3) is 11.8 Å². The smallest absolute Gasteiger partial charge is 0.260 e. The molecule has 4 aromatic rings. The van der Waals surface area contributed by atoms with Crippen molar-refractivity contribution >= 4 is 40.1 Å². The zero-order valence-corrected chi connectivity index (χ0v) is 18.9. The van der Waals surface area contributed by atoms with Crippen LogP contribution in [0.1, 0.15) is 12.6 Å². The number of pyridine rings is 1. The van der Waals surface area contributed by atoms with E-state index in [4.69, 9.17) is 20.3 Å². The molecule has 0 spiro atoms. The summed E-state index contributed by atoms with van der Waals surface area (Å²) >= 11 is 0. The maximum absolute atomic E-state index is 13.2. The van der Waals surface area contributed by atoms with E-state index in [1.54, 1.807) is 43.5 Å². The Balaban J connectivity index is 1.33. The molecule has 1 aliphatic rings. The first-order valence-electron chi connectivity index (χ1n) is 10.9. The Hall–Kier alpha value is -4.80. The molecule has 1 aliphatic heterocycles. The van der Waals surface area contributed by atoms with Crippen molar-refractivity contribution in [3.8, 4) is 11.8 Å². The number of nitriles is 1. The number of benzene rings is 1. The molecule has 3 atom stereocenters. The van der Waals surface area contributed by atoms with Crippen LogP contribution in [-0.4, -0.2) is 61.7 Å². The number of carbonyl (C=O) groups excluding carboxylic acids is 2. The molecule has 0 bridgehead atoms. The third-order valence-corrected chi connectivity index (χ3v) is 5.63. The van der Waals surface area contributed by atoms with Crippen molar-refractivity contribution < 1.29 is 24.0 Å². The molecule has 5 rings (SSSR count). The average Bonchev–Trinajstić information content (AvgIpc) is 3.52. The number of aromatic nitrogens is 4. The van der Waals surface area contributed by atoms with Crippen LogP contribution in [0.5, 0.6) is 0 Å². The van der Waals surface area contributed by atoms with Crippen molar-refractivity contribution in [1.82, 2.24) is 19.9 Å². The molecule has 1 unspecified atom stereocenters. The molecule has 182 valence electrons. The van der Waals surface area contributed by atoms with Gasteiger partial charge >= 0.3 is 0 Å². The number of aliphatic hydroxyl groups is 1. The van der Waals surface area contributed by atoms with Gasteiger partial charge in [0.2, 0.25) is 0 Å². The van der Waals surface area contributed by atoms with E-state index < -0.39 is 30.1 Å². The van der Waals surface area contributed by atoms with Crippen LogP contribution < -0.4 is 16.0 Å². The van der Waals surface area contributed by atoms with Crippen LogP contribution in [0.15, 0.2) is 53.3 Å². The second-order valence-corrected chi connectivity index (χ2v) is 8.16. The van der Waals surface area contributed by atoms with Gasteiger partial charge in [-0.3, -0.25) is 14.5 Å². The molecule has 0 aliphatic carbocycles. The predicted molar refractivity (Wildman–Crippen MR) is 126 cm³/mol. The predicted octanol–water partition coefficient (Wildman–Crippen LogP) is 0.982. The van der Waals surface area contributed by atoms with E-state index in [2.05, 4.69) is 20.6 Å². The van der Waals surface area contributed by atoms with E-state index in [0.717, 1.165) is 0 Å². The number of nitrogens with two attached hydrogens (primary N) is 1. The largest absolute Gasteiger partial charge is 0.380 e. The van der Waals surface area contributed by atoms with Gasteiger partial charge in [-0.05, 0) is 25.1 Å². The molecule has 1 fully saturated rings. The molecule has 4 N–H and O–H groups in total. The Morgan fingerprint density at radius 1 is 1.33 bits per heavy atom. The Morgan fingerprint density at radius 2 is 2.17 bits per heavy atom. The number of aliphatic hydroxyl groups excluding tert-OH is 1. The highest BCUT2D eigenvalue weighted by molar-refractivity contribution is 6.04. The van der Waals surface area contributed by atoms with E-state index >= 15 is 0 Å². The highest BCUT2D eigenvalue weighted by Gasteiger charge is 2.42. The monoisotopic (exact) mass is 488 g/mol. The number of carbonyl (C=O) groups is 2. The summed E-state index contributed by atoms with van der Waals surface area (Å²) in [4.78, 5) is 31.3. The zero-order chi connectivity index (χ0) is 25.4. The van der Waals surface area contributed by atoms with Crippen LogP contribution in [0.3, 0.4) is 0 Å². The highest BCUT2D eigenvalue weighted by Crippen LogP contribution is 2.25. The standard InChI is InChI=1S/C23H20N8O5/c1-12-11-30(18-5-7-31(28-18)15-4-6-26-14(8-15)10-24)23(34)20(35-12)19(32)22(33)27-13-2-3-16-17(9-13)36-29-21(16)25/h2-9,12,19-20,32H,11H2,1H3,(H2,25,29)(H,27,33)/t12-,19?,20-/m1/s1. The topological polar surface area (TPSA) is 185 Å². The number of hydrogen-bond acceptors (Lipinski definition) is 10. The number of nitrogens with one attached hydrogen (secondary N) is 1. The second-order valence-electron chi connectivity index (χ2n) is 8.16. The van der Waals surface area contributed by atoms with Gasteiger partial charge in [0.05, 0.1) is 23.7 Å². The van der Waals surface area contributed by atoms with Crippen LogP contribution in [0, 0.1) is 11.3 Å². The number of nitrogens with zero attached hydrogens (tertiary/aromatic N) is 6. The Morgan fingerprint density at radius 3 is 2.97 bits per heavy atom. The van der Waals surface area contributed by atoms with E-state index in [0.29, 0.717) is 28.2 Å². The summed E-state index contributed by atoms with van der Waals surface area (Å²) in [6.45, 7) is 1.89. The van der Waals surface area contributed by atoms with E-state index in [1.165, 1.54) is 21.8 Å². The molecule has 1 saturated heterocycles. The van der Waals surface area contributed by atoms with Crippen molar-refractivity contribution in [2.75, 3.05) is 22.5 Å². The summed E-state index contributed by atoms with van der Waals surface area (Å²) in [5.74, 6) is -0.931. The number of nitrogen functional groups attached to an aromatic ring is 1. The van der Waals surface area contributed by atoms with Gasteiger partial charge in [0.15, 0.2) is 29.4 Å². The molecular weight excluding hydrogens is 468 g/mol. The maximum atomic E-state index is 13.2. The molecule has 13 heteroatoms. The van der Waals surface area contributed by atoms with Crippen molar-refractivity contribution in [2.45, 2.75) is 25.2 Å². The minimum Gasteiger partial charge on any atom is -0.380 e. The minimum atomic E-state index is -1.79. The van der Waals surface area contributed by atoms with E-state index in [9.17, 15) is 14.7 Å². The molecule has 1 aromatic carbocycles. The molecule has 0 saturated carbocycles. The van der Waals surface area contributed by atoms with Gasteiger partial charge in [-0.2, -0.15) is 5.26 Å². The van der Waals surface area contributed by atoms with Crippen molar-refractivity contribution in [2.24, 2.45) is 0 Å². The normalized spacial score (nSPS) is 18.7. The molecule has 36 heavy (non-hydrogen) atoms. The minimum absolute atomic E-state index is 0.171. The fourth-order valence-corrected chi connectivity index (χ4v) is 3.88. The lowest BCUT2D eigenvalue weighted by Crippen LogP contribution is -2.58. The van der Waals surface area contributed by atoms with Crippen LogP contribution in [0.25, 0.3) is 16.7 Å². The van der Waals surface area contributed by atoms with Crippen molar-refractivity contribution in [3.63, 3.8) is 0 Å².